The van der Waals surface area contributed by atoms with Gasteiger partial charge in [0.25, 0.3) is 0 Å². The third-order valence-electron chi connectivity index (χ3n) is 4.35. The molecule has 4 heteroatoms. The van der Waals surface area contributed by atoms with Gasteiger partial charge in [-0.05, 0) is 30.0 Å². The SMILES string of the molecule is COc1cc(C(O)CC2CCCCC2)cc(OC)c1OC. The van der Waals surface area contributed by atoms with Crippen LogP contribution in [0.5, 0.6) is 17.2 Å². The van der Waals surface area contributed by atoms with Gasteiger partial charge in [0.15, 0.2) is 11.5 Å². The number of ether oxygens (including phenoxy) is 3. The van der Waals surface area contributed by atoms with Crippen LogP contribution in [-0.4, -0.2) is 26.4 Å². The fraction of sp³-hybridized carbons (Fsp3) is 0.647. The maximum absolute atomic E-state index is 10.5. The largest absolute Gasteiger partial charge is 0.493 e. The first-order valence-electron chi connectivity index (χ1n) is 7.67. The molecule has 1 N–H and O–H groups in total. The molecule has 2 rings (SSSR count). The summed E-state index contributed by atoms with van der Waals surface area (Å²) in [5.74, 6) is 2.37. The van der Waals surface area contributed by atoms with E-state index in [0.29, 0.717) is 23.2 Å². The van der Waals surface area contributed by atoms with Crippen molar-refractivity contribution in [2.24, 2.45) is 5.92 Å². The van der Waals surface area contributed by atoms with Crippen LogP contribution in [0, 0.1) is 5.92 Å². The van der Waals surface area contributed by atoms with Gasteiger partial charge in [-0.25, -0.2) is 0 Å². The number of rotatable bonds is 6. The molecule has 1 fully saturated rings. The average Bonchev–Trinajstić information content (AvgIpc) is 2.54. The van der Waals surface area contributed by atoms with Crippen molar-refractivity contribution in [2.75, 3.05) is 21.3 Å². The highest BCUT2D eigenvalue weighted by Crippen LogP contribution is 2.41. The van der Waals surface area contributed by atoms with Crippen LogP contribution in [-0.2, 0) is 0 Å². The first-order chi connectivity index (χ1) is 10.2. The van der Waals surface area contributed by atoms with Crippen molar-refractivity contribution in [3.63, 3.8) is 0 Å². The molecule has 1 aromatic carbocycles. The lowest BCUT2D eigenvalue weighted by Gasteiger charge is -2.24. The molecular formula is C17H26O4. The van der Waals surface area contributed by atoms with Crippen molar-refractivity contribution >= 4 is 0 Å². The summed E-state index contributed by atoms with van der Waals surface area (Å²) in [6, 6.07) is 3.68. The minimum Gasteiger partial charge on any atom is -0.493 e. The van der Waals surface area contributed by atoms with Crippen LogP contribution < -0.4 is 14.2 Å². The molecule has 118 valence electrons. The smallest absolute Gasteiger partial charge is 0.203 e. The maximum Gasteiger partial charge on any atom is 0.203 e. The van der Waals surface area contributed by atoms with E-state index in [4.69, 9.17) is 14.2 Å². The Hall–Kier alpha value is -1.42. The normalized spacial score (nSPS) is 17.3. The highest BCUT2D eigenvalue weighted by atomic mass is 16.5. The summed E-state index contributed by atoms with van der Waals surface area (Å²) in [5.41, 5.74) is 0.829. The topological polar surface area (TPSA) is 47.9 Å². The summed E-state index contributed by atoms with van der Waals surface area (Å²) < 4.78 is 16.0. The van der Waals surface area contributed by atoms with E-state index < -0.39 is 6.10 Å². The lowest BCUT2D eigenvalue weighted by Crippen LogP contribution is -2.11. The van der Waals surface area contributed by atoms with E-state index in [1.807, 2.05) is 12.1 Å². The van der Waals surface area contributed by atoms with Gasteiger partial charge in [-0.15, -0.1) is 0 Å². The first-order valence-corrected chi connectivity index (χ1v) is 7.67. The summed E-state index contributed by atoms with van der Waals surface area (Å²) in [4.78, 5) is 0. The molecule has 1 atom stereocenters. The molecule has 0 aromatic heterocycles. The van der Waals surface area contributed by atoms with Gasteiger partial charge in [-0.3, -0.25) is 0 Å². The first kappa shape index (κ1) is 16.0. The summed E-state index contributed by atoms with van der Waals surface area (Å²) in [6.45, 7) is 0. The van der Waals surface area contributed by atoms with E-state index in [2.05, 4.69) is 0 Å². The minimum atomic E-state index is -0.484. The highest BCUT2D eigenvalue weighted by molar-refractivity contribution is 5.54. The second-order valence-electron chi connectivity index (χ2n) is 5.71. The molecular weight excluding hydrogens is 268 g/mol. The Morgan fingerprint density at radius 2 is 1.57 bits per heavy atom. The van der Waals surface area contributed by atoms with Gasteiger partial charge in [0.1, 0.15) is 0 Å². The Balaban J connectivity index is 2.17. The molecule has 1 unspecified atom stereocenters. The third-order valence-corrected chi connectivity index (χ3v) is 4.35. The zero-order valence-electron chi connectivity index (χ0n) is 13.2. The second kappa shape index (κ2) is 7.55. The van der Waals surface area contributed by atoms with Gasteiger partial charge >= 0.3 is 0 Å². The van der Waals surface area contributed by atoms with Crippen molar-refractivity contribution in [1.29, 1.82) is 0 Å². The van der Waals surface area contributed by atoms with Crippen LogP contribution in [0.25, 0.3) is 0 Å². The van der Waals surface area contributed by atoms with Crippen LogP contribution in [0.1, 0.15) is 50.2 Å². The van der Waals surface area contributed by atoms with Crippen LogP contribution in [0.2, 0.25) is 0 Å². The van der Waals surface area contributed by atoms with Crippen LogP contribution in [0.4, 0.5) is 0 Å². The molecule has 21 heavy (non-hydrogen) atoms. The number of aliphatic hydroxyl groups excluding tert-OH is 1. The molecule has 1 aliphatic rings. The molecule has 0 saturated heterocycles. The predicted molar refractivity (Wildman–Crippen MR) is 82.2 cm³/mol. The minimum absolute atomic E-state index is 0.484. The molecule has 0 bridgehead atoms. The summed E-state index contributed by atoms with van der Waals surface area (Å²) in [5, 5.41) is 10.5. The molecule has 1 saturated carbocycles. The number of hydrogen-bond acceptors (Lipinski definition) is 4. The van der Waals surface area contributed by atoms with E-state index in [9.17, 15) is 5.11 Å². The molecule has 0 aliphatic heterocycles. The molecule has 0 heterocycles. The van der Waals surface area contributed by atoms with Gasteiger partial charge in [-0.2, -0.15) is 0 Å². The van der Waals surface area contributed by atoms with Crippen molar-refractivity contribution in [1.82, 2.24) is 0 Å². The van der Waals surface area contributed by atoms with E-state index in [-0.39, 0.29) is 0 Å². The van der Waals surface area contributed by atoms with Gasteiger partial charge in [-0.1, -0.05) is 32.1 Å². The molecule has 0 radical (unpaired) electrons. The van der Waals surface area contributed by atoms with E-state index in [0.717, 1.165) is 12.0 Å². The number of hydrogen-bond donors (Lipinski definition) is 1. The van der Waals surface area contributed by atoms with Crippen molar-refractivity contribution in [3.05, 3.63) is 17.7 Å². The fourth-order valence-corrected chi connectivity index (χ4v) is 3.17. The highest BCUT2D eigenvalue weighted by Gasteiger charge is 2.21. The zero-order valence-corrected chi connectivity index (χ0v) is 13.2. The van der Waals surface area contributed by atoms with Crippen molar-refractivity contribution in [3.8, 4) is 17.2 Å². The van der Waals surface area contributed by atoms with Gasteiger partial charge in [0, 0.05) is 0 Å². The van der Waals surface area contributed by atoms with Crippen LogP contribution >= 0.6 is 0 Å². The quantitative estimate of drug-likeness (QED) is 0.868. The maximum atomic E-state index is 10.5. The second-order valence-corrected chi connectivity index (χ2v) is 5.71. The third kappa shape index (κ3) is 3.82. The number of benzene rings is 1. The van der Waals surface area contributed by atoms with Crippen LogP contribution in [0.15, 0.2) is 12.1 Å². The molecule has 1 aromatic rings. The summed E-state index contributed by atoms with van der Waals surface area (Å²) >= 11 is 0. The Bertz CT molecular complexity index is 427. The number of methoxy groups -OCH3 is 3. The fourth-order valence-electron chi connectivity index (χ4n) is 3.17. The van der Waals surface area contributed by atoms with Gasteiger partial charge in [0.05, 0.1) is 27.4 Å². The lowest BCUT2D eigenvalue weighted by atomic mass is 9.84. The van der Waals surface area contributed by atoms with Gasteiger partial charge < -0.3 is 19.3 Å². The predicted octanol–water partition coefficient (Wildman–Crippen LogP) is 3.72. The summed E-state index contributed by atoms with van der Waals surface area (Å²) in [7, 11) is 4.77. The summed E-state index contributed by atoms with van der Waals surface area (Å²) in [6.07, 6.45) is 6.67. The van der Waals surface area contributed by atoms with E-state index >= 15 is 0 Å². The lowest BCUT2D eigenvalue weighted by molar-refractivity contribution is 0.130. The van der Waals surface area contributed by atoms with Crippen LogP contribution in [0.3, 0.4) is 0 Å². The van der Waals surface area contributed by atoms with E-state index in [1.54, 1.807) is 21.3 Å². The Labute approximate surface area is 127 Å². The van der Waals surface area contributed by atoms with Gasteiger partial charge in [0.2, 0.25) is 5.75 Å². The Morgan fingerprint density at radius 3 is 2.05 bits per heavy atom. The molecule has 0 amide bonds. The standard InChI is InChI=1S/C17H26O4/c1-19-15-10-13(11-16(20-2)17(15)21-3)14(18)9-12-7-5-4-6-8-12/h10-12,14,18H,4-9H2,1-3H3. The number of aliphatic hydroxyl groups is 1. The van der Waals surface area contributed by atoms with Crippen molar-refractivity contribution in [2.45, 2.75) is 44.6 Å². The molecule has 0 spiro atoms. The molecule has 4 nitrogen and oxygen atoms in total. The average molecular weight is 294 g/mol. The van der Waals surface area contributed by atoms with Crippen molar-refractivity contribution < 1.29 is 19.3 Å². The monoisotopic (exact) mass is 294 g/mol. The zero-order chi connectivity index (χ0) is 15.2. The van der Waals surface area contributed by atoms with E-state index in [1.165, 1.54) is 32.1 Å². The molecule has 1 aliphatic carbocycles. The Kier molecular flexibility index (Phi) is 5.74. The Morgan fingerprint density at radius 1 is 1.00 bits per heavy atom.